The first-order chi connectivity index (χ1) is 13.4. The number of amides is 1. The van der Waals surface area contributed by atoms with Gasteiger partial charge in [-0.2, -0.15) is 4.31 Å². The molecule has 1 amide bonds. The van der Waals surface area contributed by atoms with Gasteiger partial charge in [-0.25, -0.2) is 8.42 Å². The molecule has 6 nitrogen and oxygen atoms in total. The van der Waals surface area contributed by atoms with Crippen molar-refractivity contribution >= 4 is 21.6 Å². The second kappa shape index (κ2) is 7.22. The predicted molar refractivity (Wildman–Crippen MR) is 107 cm³/mol. The molecule has 7 heteroatoms. The molecule has 0 unspecified atom stereocenters. The first-order valence-electron chi connectivity index (χ1n) is 9.51. The Morgan fingerprint density at radius 3 is 2.71 bits per heavy atom. The highest BCUT2D eigenvalue weighted by Crippen LogP contribution is 2.39. The number of rotatable bonds is 3. The molecular formula is C21H24N2O4S. The minimum Gasteiger partial charge on any atom is -0.489 e. The largest absolute Gasteiger partial charge is 0.489 e. The van der Waals surface area contributed by atoms with E-state index in [1.54, 1.807) is 27.4 Å². The van der Waals surface area contributed by atoms with Gasteiger partial charge in [0.15, 0.2) is 0 Å². The third-order valence-electron chi connectivity index (χ3n) is 5.41. The number of ether oxygens (including phenoxy) is 1. The lowest BCUT2D eigenvalue weighted by Crippen LogP contribution is -2.36. The third-order valence-corrected chi connectivity index (χ3v) is 7.32. The van der Waals surface area contributed by atoms with Crippen molar-refractivity contribution < 1.29 is 17.9 Å². The topological polar surface area (TPSA) is 66.9 Å². The van der Waals surface area contributed by atoms with Crippen molar-refractivity contribution in [3.8, 4) is 5.75 Å². The Balaban J connectivity index is 1.69. The van der Waals surface area contributed by atoms with Crippen LogP contribution in [0.15, 0.2) is 47.4 Å². The second-order valence-corrected chi connectivity index (χ2v) is 9.23. The Bertz CT molecular complexity index is 1020. The molecule has 28 heavy (non-hydrogen) atoms. The van der Waals surface area contributed by atoms with Gasteiger partial charge in [0.25, 0.3) is 0 Å². The van der Waals surface area contributed by atoms with Crippen LogP contribution in [0.2, 0.25) is 0 Å². The summed E-state index contributed by atoms with van der Waals surface area (Å²) < 4.78 is 34.0. The second-order valence-electron chi connectivity index (χ2n) is 7.34. The van der Waals surface area contributed by atoms with Crippen LogP contribution < -0.4 is 9.64 Å². The number of hydrogen-bond acceptors (Lipinski definition) is 4. The minimum absolute atomic E-state index is 0.0841. The van der Waals surface area contributed by atoms with Crippen LogP contribution in [0.1, 0.15) is 36.9 Å². The number of hydrogen-bond donors (Lipinski definition) is 0. The Kier molecular flexibility index (Phi) is 4.89. The zero-order valence-electron chi connectivity index (χ0n) is 16.1. The molecule has 2 heterocycles. The van der Waals surface area contributed by atoms with Crippen LogP contribution in [0, 0.1) is 6.92 Å². The highest BCUT2D eigenvalue weighted by Gasteiger charge is 2.37. The first-order valence-corrected chi connectivity index (χ1v) is 11.0. The van der Waals surface area contributed by atoms with Crippen molar-refractivity contribution in [1.29, 1.82) is 0 Å². The lowest BCUT2D eigenvalue weighted by Gasteiger charge is -2.30. The lowest BCUT2D eigenvalue weighted by atomic mass is 10.0. The quantitative estimate of drug-likeness (QED) is 0.793. The number of benzene rings is 2. The minimum atomic E-state index is -3.67. The Morgan fingerprint density at radius 1 is 1.14 bits per heavy atom. The number of nitrogens with zero attached hydrogens (tertiary/aromatic N) is 2. The fourth-order valence-corrected chi connectivity index (χ4v) is 5.76. The van der Waals surface area contributed by atoms with Gasteiger partial charge in [-0.05, 0) is 37.5 Å². The molecule has 0 aromatic heterocycles. The summed E-state index contributed by atoms with van der Waals surface area (Å²) in [5.41, 5.74) is 2.76. The van der Waals surface area contributed by atoms with E-state index in [2.05, 4.69) is 6.07 Å². The average Bonchev–Trinajstić information content (AvgIpc) is 3.17. The molecule has 1 atom stereocenters. The van der Waals surface area contributed by atoms with Crippen molar-refractivity contribution in [3.05, 3.63) is 53.6 Å². The molecule has 4 rings (SSSR count). The lowest BCUT2D eigenvalue weighted by molar-refractivity contribution is -0.116. The van der Waals surface area contributed by atoms with E-state index in [0.29, 0.717) is 31.1 Å². The maximum absolute atomic E-state index is 13.4. The maximum atomic E-state index is 13.4. The van der Waals surface area contributed by atoms with Gasteiger partial charge < -0.3 is 9.64 Å². The molecule has 0 radical (unpaired) electrons. The molecule has 1 saturated heterocycles. The summed E-state index contributed by atoms with van der Waals surface area (Å²) in [4.78, 5) is 13.6. The van der Waals surface area contributed by atoms with Crippen molar-refractivity contribution in [3.63, 3.8) is 0 Å². The predicted octanol–water partition coefficient (Wildman–Crippen LogP) is 3.27. The van der Waals surface area contributed by atoms with E-state index in [4.69, 9.17) is 4.74 Å². The first kappa shape index (κ1) is 19.0. The molecule has 0 saturated carbocycles. The molecule has 2 aromatic carbocycles. The number of aryl methyl sites for hydroxylation is 1. The summed E-state index contributed by atoms with van der Waals surface area (Å²) in [5.74, 6) is 0.355. The van der Waals surface area contributed by atoms with E-state index in [-0.39, 0.29) is 16.8 Å². The fraction of sp³-hybridized carbons (Fsp3) is 0.381. The zero-order valence-corrected chi connectivity index (χ0v) is 16.9. The average molecular weight is 401 g/mol. The summed E-state index contributed by atoms with van der Waals surface area (Å²) in [6.45, 7) is 4.83. The zero-order chi connectivity index (χ0) is 19.9. The van der Waals surface area contributed by atoms with E-state index >= 15 is 0 Å². The van der Waals surface area contributed by atoms with Crippen molar-refractivity contribution in [1.82, 2.24) is 4.31 Å². The van der Waals surface area contributed by atoms with Gasteiger partial charge in [0.2, 0.25) is 15.9 Å². The summed E-state index contributed by atoms with van der Waals surface area (Å²) in [6, 6.07) is 12.7. The molecule has 2 aliphatic heterocycles. The third kappa shape index (κ3) is 3.29. The van der Waals surface area contributed by atoms with Crippen LogP contribution in [-0.2, 0) is 14.8 Å². The normalized spacial score (nSPS) is 19.9. The number of fused-ring (bicyclic) bond motifs is 1. The van der Waals surface area contributed by atoms with E-state index in [9.17, 15) is 13.2 Å². The molecule has 2 aliphatic rings. The van der Waals surface area contributed by atoms with Crippen LogP contribution in [0.5, 0.6) is 5.75 Å². The summed E-state index contributed by atoms with van der Waals surface area (Å²) in [6.07, 6.45) is 1.64. The van der Waals surface area contributed by atoms with Gasteiger partial charge in [0, 0.05) is 19.5 Å². The smallest absolute Gasteiger partial charge is 0.243 e. The number of sulfonamides is 1. The standard InChI is InChI=1S/C21H24N2O4S/c1-15-5-3-6-17(13-15)19-7-4-10-23(19)28(25,26)18-8-9-20-21(14-18)27-12-11-22(20)16(2)24/h3,5-6,8-9,13-14,19H,4,7,10-12H2,1-2H3/t19-/m1/s1. The van der Waals surface area contributed by atoms with Crippen LogP contribution in [0.3, 0.4) is 0 Å². The Hall–Kier alpha value is -2.38. The highest BCUT2D eigenvalue weighted by molar-refractivity contribution is 7.89. The molecule has 1 fully saturated rings. The SMILES string of the molecule is CC(=O)N1CCOc2cc(S(=O)(=O)N3CCC[C@@H]3c3cccc(C)c3)ccc21. The molecule has 0 bridgehead atoms. The van der Waals surface area contributed by atoms with Gasteiger partial charge >= 0.3 is 0 Å². The molecule has 0 aliphatic carbocycles. The van der Waals surface area contributed by atoms with Crippen LogP contribution in [0.25, 0.3) is 0 Å². The van der Waals surface area contributed by atoms with Crippen molar-refractivity contribution in [2.45, 2.75) is 37.6 Å². The fourth-order valence-electron chi connectivity index (χ4n) is 4.06. The maximum Gasteiger partial charge on any atom is 0.243 e. The number of carbonyl (C=O) groups excluding carboxylic acids is 1. The summed E-state index contributed by atoms with van der Waals surface area (Å²) >= 11 is 0. The molecule has 0 N–H and O–H groups in total. The van der Waals surface area contributed by atoms with E-state index in [1.165, 1.54) is 6.92 Å². The van der Waals surface area contributed by atoms with Crippen molar-refractivity contribution in [2.75, 3.05) is 24.6 Å². The van der Waals surface area contributed by atoms with Crippen LogP contribution in [-0.4, -0.2) is 38.3 Å². The van der Waals surface area contributed by atoms with Crippen LogP contribution in [0.4, 0.5) is 5.69 Å². The molecule has 0 spiro atoms. The number of anilines is 1. The van der Waals surface area contributed by atoms with Gasteiger partial charge in [0.05, 0.1) is 23.2 Å². The summed E-state index contributed by atoms with van der Waals surface area (Å²) in [5, 5.41) is 0. The van der Waals surface area contributed by atoms with Gasteiger partial charge in [0.1, 0.15) is 12.4 Å². The molecule has 148 valence electrons. The highest BCUT2D eigenvalue weighted by atomic mass is 32.2. The summed E-state index contributed by atoms with van der Waals surface area (Å²) in [7, 11) is -3.67. The van der Waals surface area contributed by atoms with E-state index < -0.39 is 10.0 Å². The van der Waals surface area contributed by atoms with Crippen LogP contribution >= 0.6 is 0 Å². The van der Waals surface area contributed by atoms with E-state index in [1.807, 2.05) is 25.1 Å². The molecule has 2 aromatic rings. The Morgan fingerprint density at radius 2 is 1.96 bits per heavy atom. The van der Waals surface area contributed by atoms with E-state index in [0.717, 1.165) is 24.0 Å². The van der Waals surface area contributed by atoms with Gasteiger partial charge in [-0.3, -0.25) is 4.79 Å². The van der Waals surface area contributed by atoms with Gasteiger partial charge in [-0.1, -0.05) is 29.8 Å². The number of carbonyl (C=O) groups is 1. The van der Waals surface area contributed by atoms with Crippen molar-refractivity contribution in [2.24, 2.45) is 0 Å². The monoisotopic (exact) mass is 400 g/mol. The molecular weight excluding hydrogens is 376 g/mol. The Labute approximate surface area is 165 Å². The van der Waals surface area contributed by atoms with Gasteiger partial charge in [-0.15, -0.1) is 0 Å².